The van der Waals surface area contributed by atoms with Crippen molar-refractivity contribution in [2.45, 2.75) is 544 Å². The molecule has 16 heterocycles. The molecule has 20 rings (SSSR count). The molecule has 32 nitrogen and oxygen atoms in total. The van der Waals surface area contributed by atoms with Crippen LogP contribution in [-0.2, 0) is 100 Å². The van der Waals surface area contributed by atoms with Gasteiger partial charge in [0, 0.05) is 73.2 Å². The Morgan fingerprint density at radius 1 is 0.479 bits per heavy atom. The predicted molar refractivity (Wildman–Crippen MR) is 543 cm³/mol. The molecule has 19 aliphatic rings. The van der Waals surface area contributed by atoms with Crippen LogP contribution >= 0.6 is 0 Å². The second kappa shape index (κ2) is 60.5. The Hall–Kier alpha value is -3.42. The number of nitrogens with one attached hydrogen (secondary N) is 1. The van der Waals surface area contributed by atoms with E-state index >= 15 is 0 Å². The minimum atomic E-state index is -3.55. The van der Waals surface area contributed by atoms with Crippen LogP contribution in [-0.4, -0.2) is 332 Å². The SMILES string of the molecule is C.C.C#C[C@H]1C[C@]2(C=O)O[C@@H](CCC)CC[C@@H]2O1.C#C[C@H]1C[C@]2(CO)O[C@@H](CCC)CC[C@@H]2O1.C=O.CCC[C@H]1CC[C@@H]2O[C@@H](C#CCO)C[C@]2(CO)O1.CCC[C@H]1CC[C@@H]2O[C@@H](CCCO)C[C@]2(CO)O1.CCC[C@H]1CC[C@@H]2O[C@@H]3C[C@@]2(O1)[C@H]1OC1C3=O.CCC[C@H]1CC[C@@H]2O[C@@H]3C[C@@]2(O1)[C@H]1OC1C3O.CCC[C@H]1CC[C@@H]2O[C@@H]3C[C@]2(C=CC3O)O1.CCO.CCO.Cc1cc(C)c(S(=O)(=O)NN)c(C)c1.[B].[H-].[Na+]. The molecule has 3 aliphatic carbocycles. The van der Waals surface area contributed by atoms with Gasteiger partial charge in [0.25, 0.3) is 10.0 Å². The number of benzene rings is 1. The summed E-state index contributed by atoms with van der Waals surface area (Å²) < 4.78 is 118. The minimum absolute atomic E-state index is 0. The molecule has 817 valence electrons. The first-order valence-electron chi connectivity index (χ1n) is 52.8. The van der Waals surface area contributed by atoms with E-state index in [4.69, 9.17) is 120 Å². The Bertz CT molecular complexity index is 4260. The maximum atomic E-state index is 11.9. The Kier molecular flexibility index (Phi) is 54.3. The van der Waals surface area contributed by atoms with Gasteiger partial charge < -0.3 is 133 Å². The van der Waals surface area contributed by atoms with E-state index in [0.717, 1.165) is 224 Å². The van der Waals surface area contributed by atoms with Crippen LogP contribution in [0.4, 0.5) is 0 Å². The zero-order valence-electron chi connectivity index (χ0n) is 88.1. The van der Waals surface area contributed by atoms with Crippen LogP contribution < -0.4 is 40.2 Å². The molecule has 16 saturated heterocycles. The van der Waals surface area contributed by atoms with Crippen LogP contribution in [0, 0.1) is 57.3 Å². The van der Waals surface area contributed by atoms with E-state index in [1.54, 1.807) is 27.7 Å². The van der Waals surface area contributed by atoms with Crippen molar-refractivity contribution >= 4 is 37.3 Å². The summed E-state index contributed by atoms with van der Waals surface area (Å²) in [5.74, 6) is 15.8. The Labute approximate surface area is 886 Å². The van der Waals surface area contributed by atoms with Crippen molar-refractivity contribution in [1.29, 1.82) is 0 Å². The molecule has 34 atom stereocenters. The van der Waals surface area contributed by atoms with Crippen LogP contribution in [0.25, 0.3) is 0 Å². The van der Waals surface area contributed by atoms with Crippen molar-refractivity contribution in [3.8, 4) is 36.5 Å². The number of epoxide rings is 2. The number of carbonyl (C=O) groups is 3. The standard InChI is InChI=1S/C14H26O4.C14H22O4.C13H20O4.C13H18O4.2C13H20O3.C13H18O3.C9H14N2O2S.2C2H6O.CH2O.2CH4.B.Na.H/c2*1-2-4-11-6-7-13-14(10-16,18-11)9-12(17-13)5-3-8-15;2*1-2-3-7-4-5-9-13(17-7)6-8(15-9)10(14)11-12(13)16-11;1-2-3-9-4-5-12-13(16-9)7-6-10(14)11(8-13)15-12;2*1-3-5-11-6-7-12-13(9-14,16-11)8-10(4-2)15-12;1-6-4-7(2)9(8(3)5-6)14(12,13)11-10;2*1-2-3;1-2;;;;;/h11-13,15-16H,2-10H2,1H3;11-13,15-16H,2,4,6-10H2,1H3;7-12,14H,2-6H2,1H3;7-9,11-12H,2-6H2,1H3;6-7,9-12,14H,2-5,8H2,1H3;2,10-12,14H,3,5-9H2,1H3;2,9-12H,3,5-8H2,1H3;4-5,11H,10H2,1-3H3;2*3H,2H2,1H3;1H2;2*1H4;;;/q;;;;;;;;;;;;;;+1;-1/t2*11-,12-,13-,14+;7-,8+,9-,10?,11?,12-,13-;7-,8+,9-,11?,12-,13-;9-,10?,11+,12-,13-;2*10-,11-,12-,13+;;;;;;;;;/m0000000........./s1. The van der Waals surface area contributed by atoms with Crippen molar-refractivity contribution in [3.05, 3.63) is 41.0 Å². The van der Waals surface area contributed by atoms with Gasteiger partial charge in [-0.1, -0.05) is 162 Å². The van der Waals surface area contributed by atoms with E-state index in [1.807, 2.05) is 42.8 Å². The molecule has 12 N–H and O–H groups in total. The van der Waals surface area contributed by atoms with Gasteiger partial charge in [-0.05, 0) is 193 Å². The number of nitrogens with two attached hydrogens (primary N) is 1. The number of sulfonamides is 1. The Balaban J connectivity index is 0.000000287. The summed E-state index contributed by atoms with van der Waals surface area (Å²) in [6, 6.07) is 3.63. The van der Waals surface area contributed by atoms with Gasteiger partial charge in [-0.3, -0.25) is 10.6 Å². The van der Waals surface area contributed by atoms with Gasteiger partial charge in [-0.2, -0.15) is 4.83 Å². The number of hydrazine groups is 1. The molecule has 4 unspecified atom stereocenters. The number of aryl methyl sites for hydroxylation is 3. The zero-order chi connectivity index (χ0) is 102. The fraction of sp³-hybridized carbons (Fsp3) is 0.844. The summed E-state index contributed by atoms with van der Waals surface area (Å²) >= 11 is 0. The summed E-state index contributed by atoms with van der Waals surface area (Å²) in [4.78, 5) is 33.3. The molecular formula is C109H181BN2NaO30S. The summed E-state index contributed by atoms with van der Waals surface area (Å²) in [7, 11) is -3.55. The molecule has 6 bridgehead atoms. The van der Waals surface area contributed by atoms with Gasteiger partial charge in [-0.25, -0.2) is 8.42 Å². The first-order valence-corrected chi connectivity index (χ1v) is 54.3. The molecule has 16 aliphatic heterocycles. The minimum Gasteiger partial charge on any atom is -1.00 e. The first-order chi connectivity index (χ1) is 67.4. The average molecular weight is 2070 g/mol. The molecule has 1 aromatic rings. The number of fused-ring (bicyclic) bond motifs is 9. The number of hydrogen-bond acceptors (Lipinski definition) is 31. The topological polar surface area (TPSA) is 460 Å². The van der Waals surface area contributed by atoms with Crippen LogP contribution in [0.3, 0.4) is 0 Å². The second-order valence-electron chi connectivity index (χ2n) is 41.2. The van der Waals surface area contributed by atoms with Gasteiger partial charge in [-0.15, -0.1) is 12.8 Å². The molecule has 0 aromatic heterocycles. The third-order valence-electron chi connectivity index (χ3n) is 30.9. The smallest absolute Gasteiger partial charge is 1.00 e. The van der Waals surface area contributed by atoms with E-state index in [9.17, 15) is 43.5 Å². The largest absolute Gasteiger partial charge is 1.00 e. The third kappa shape index (κ3) is 30.9. The molecule has 35 heteroatoms. The predicted octanol–water partition coefficient (Wildman–Crippen LogP) is 8.25. The second-order valence-corrected chi connectivity index (χ2v) is 42.9. The molecule has 1 aromatic carbocycles. The van der Waals surface area contributed by atoms with E-state index in [2.05, 4.69) is 72.1 Å². The number of aliphatic hydroxyl groups excluding tert-OH is 9. The average Bonchev–Trinajstić information content (AvgIpc) is 1.53. The third-order valence-corrected chi connectivity index (χ3v) is 32.4. The number of aliphatic hydroxyl groups is 9. The number of ether oxygens (including phenoxy) is 16. The number of rotatable bonds is 23. The van der Waals surface area contributed by atoms with E-state index in [0.29, 0.717) is 48.7 Å². The molecule has 3 radical (unpaired) electrons. The zero-order valence-corrected chi connectivity index (χ0v) is 89.9. The van der Waals surface area contributed by atoms with E-state index in [-0.39, 0.29) is 262 Å². The van der Waals surface area contributed by atoms with Crippen molar-refractivity contribution in [3.63, 3.8) is 0 Å². The van der Waals surface area contributed by atoms with Gasteiger partial charge in [0.05, 0.1) is 135 Å². The van der Waals surface area contributed by atoms with Gasteiger partial charge >= 0.3 is 29.6 Å². The van der Waals surface area contributed by atoms with Gasteiger partial charge in [0.1, 0.15) is 102 Å². The molecule has 144 heavy (non-hydrogen) atoms. The number of hydrogen-bond donors (Lipinski definition) is 11. The molecule has 3 spiro atoms. The maximum absolute atomic E-state index is 11.9. The molecule has 18 fully saturated rings. The molecule has 2 saturated carbocycles. The monoisotopic (exact) mass is 2060 g/mol. The number of Topliss-reactive ketones (excluding diaryl/α,β-unsaturated/α-hetero) is 1. The van der Waals surface area contributed by atoms with Gasteiger partial charge in [0.15, 0.2) is 17.7 Å². The normalized spacial score (nSPS) is 39.9. The van der Waals surface area contributed by atoms with Crippen molar-refractivity contribution < 1.29 is 176 Å². The maximum Gasteiger partial charge on any atom is 1.00 e. The van der Waals surface area contributed by atoms with Gasteiger partial charge in [0.2, 0.25) is 0 Å². The molecular weight excluding hydrogens is 1880 g/mol. The van der Waals surface area contributed by atoms with Crippen LogP contribution in [0.1, 0.15) is 333 Å². The van der Waals surface area contributed by atoms with Crippen LogP contribution in [0.15, 0.2) is 29.2 Å². The number of ketones is 1. The summed E-state index contributed by atoms with van der Waals surface area (Å²) in [6.45, 7) is 26.5. The fourth-order valence-electron chi connectivity index (χ4n) is 24.7. The summed E-state index contributed by atoms with van der Waals surface area (Å²) in [5.41, 5.74) is -0.637. The number of terminal acetylenes is 2. The Morgan fingerprint density at radius 3 is 1.35 bits per heavy atom. The number of carbonyl (C=O) groups excluding carboxylic acids is 3. The summed E-state index contributed by atoms with van der Waals surface area (Å²) in [6.07, 6.45) is 51.7. The van der Waals surface area contributed by atoms with Crippen LogP contribution in [0.2, 0.25) is 0 Å². The summed E-state index contributed by atoms with van der Waals surface area (Å²) in [5, 5.41) is 81.5. The van der Waals surface area contributed by atoms with Crippen molar-refractivity contribution in [2.24, 2.45) is 5.84 Å². The van der Waals surface area contributed by atoms with E-state index in [1.165, 1.54) is 6.42 Å². The molecule has 0 amide bonds. The van der Waals surface area contributed by atoms with E-state index < -0.39 is 44.6 Å². The Morgan fingerprint density at radius 2 is 0.889 bits per heavy atom. The first kappa shape index (κ1) is 129. The number of aldehydes is 1. The van der Waals surface area contributed by atoms with Crippen molar-refractivity contribution in [2.75, 3.05) is 46.2 Å². The quantitative estimate of drug-likeness (QED) is 0.00933. The van der Waals surface area contributed by atoms with Crippen LogP contribution in [0.5, 0.6) is 0 Å². The van der Waals surface area contributed by atoms with Crippen molar-refractivity contribution in [1.82, 2.24) is 4.83 Å². The fourth-order valence-corrected chi connectivity index (χ4v) is 25.8.